The topological polar surface area (TPSA) is 40.6 Å². The zero-order chi connectivity index (χ0) is 16.1. The number of nitrogens with zero attached hydrogens (tertiary/aromatic N) is 2. The van der Waals surface area contributed by atoms with Crippen LogP contribution in [0.3, 0.4) is 0 Å². The number of rotatable bonds is 2. The molecule has 3 atom stereocenters. The molecule has 0 N–H and O–H groups in total. The molecular formula is C18H24N2O2. The fourth-order valence-corrected chi connectivity index (χ4v) is 4.11. The summed E-state index contributed by atoms with van der Waals surface area (Å²) in [5, 5.41) is 0. The fourth-order valence-electron chi connectivity index (χ4n) is 4.11. The number of likely N-dealkylation sites (tertiary alicyclic amines) is 2. The first-order valence-electron chi connectivity index (χ1n) is 7.90. The van der Waals surface area contributed by atoms with Crippen molar-refractivity contribution >= 4 is 11.8 Å². The van der Waals surface area contributed by atoms with Gasteiger partial charge in [-0.3, -0.25) is 19.4 Å². The molecule has 0 unspecified atom stereocenters. The van der Waals surface area contributed by atoms with Crippen LogP contribution in [-0.2, 0) is 16.1 Å². The summed E-state index contributed by atoms with van der Waals surface area (Å²) < 4.78 is 0. The van der Waals surface area contributed by atoms with E-state index in [1.807, 2.05) is 18.2 Å². The molecular weight excluding hydrogens is 276 g/mol. The molecule has 4 heteroatoms. The van der Waals surface area contributed by atoms with E-state index in [2.05, 4.69) is 37.8 Å². The summed E-state index contributed by atoms with van der Waals surface area (Å²) in [4.78, 5) is 28.5. The number of benzene rings is 1. The highest BCUT2D eigenvalue weighted by molar-refractivity contribution is 6.05. The first kappa shape index (κ1) is 15.2. The summed E-state index contributed by atoms with van der Waals surface area (Å²) in [6.45, 7) is 7.95. The van der Waals surface area contributed by atoms with Gasteiger partial charge in [-0.1, -0.05) is 51.1 Å². The summed E-state index contributed by atoms with van der Waals surface area (Å²) in [6.07, 6.45) is 0. The van der Waals surface area contributed by atoms with Gasteiger partial charge in [-0.25, -0.2) is 0 Å². The smallest absolute Gasteiger partial charge is 0.234 e. The van der Waals surface area contributed by atoms with Crippen molar-refractivity contribution in [3.63, 3.8) is 0 Å². The predicted molar refractivity (Wildman–Crippen MR) is 84.9 cm³/mol. The fraction of sp³-hybridized carbons (Fsp3) is 0.556. The Morgan fingerprint density at radius 1 is 1.09 bits per heavy atom. The summed E-state index contributed by atoms with van der Waals surface area (Å²) in [6, 6.07) is 10.4. The molecule has 3 rings (SSSR count). The quantitative estimate of drug-likeness (QED) is 0.786. The van der Waals surface area contributed by atoms with Gasteiger partial charge in [-0.15, -0.1) is 0 Å². The van der Waals surface area contributed by atoms with Gasteiger partial charge in [0.25, 0.3) is 0 Å². The maximum atomic E-state index is 12.5. The van der Waals surface area contributed by atoms with Gasteiger partial charge in [0.1, 0.15) is 0 Å². The van der Waals surface area contributed by atoms with Gasteiger partial charge in [0.15, 0.2) is 0 Å². The molecule has 4 nitrogen and oxygen atoms in total. The molecule has 0 radical (unpaired) electrons. The van der Waals surface area contributed by atoms with Crippen molar-refractivity contribution in [3.05, 3.63) is 35.9 Å². The van der Waals surface area contributed by atoms with Crippen molar-refractivity contribution in [2.45, 2.75) is 33.4 Å². The minimum atomic E-state index is -0.193. The van der Waals surface area contributed by atoms with Crippen LogP contribution in [0.25, 0.3) is 0 Å². The van der Waals surface area contributed by atoms with Crippen LogP contribution >= 0.6 is 0 Å². The molecule has 0 spiro atoms. The lowest BCUT2D eigenvalue weighted by Gasteiger charge is -2.37. The van der Waals surface area contributed by atoms with E-state index in [-0.39, 0.29) is 35.1 Å². The van der Waals surface area contributed by atoms with Gasteiger partial charge < -0.3 is 0 Å². The van der Waals surface area contributed by atoms with E-state index >= 15 is 0 Å². The Balaban J connectivity index is 1.92. The van der Waals surface area contributed by atoms with Crippen molar-refractivity contribution in [1.82, 2.24) is 9.80 Å². The molecule has 0 aliphatic carbocycles. The molecule has 1 aromatic rings. The van der Waals surface area contributed by atoms with Crippen LogP contribution in [0.2, 0.25) is 0 Å². The van der Waals surface area contributed by atoms with Crippen LogP contribution < -0.4 is 0 Å². The number of hydrogen-bond donors (Lipinski definition) is 0. The minimum absolute atomic E-state index is 0.00881. The Hall–Kier alpha value is -1.68. The summed E-state index contributed by atoms with van der Waals surface area (Å²) in [5.41, 5.74) is 1.18. The zero-order valence-corrected chi connectivity index (χ0v) is 13.7. The van der Waals surface area contributed by atoms with Crippen molar-refractivity contribution in [2.75, 3.05) is 13.6 Å². The molecule has 118 valence electrons. The second-order valence-electron chi connectivity index (χ2n) is 7.59. The van der Waals surface area contributed by atoms with E-state index in [1.165, 1.54) is 10.5 Å². The Morgan fingerprint density at radius 2 is 1.73 bits per heavy atom. The third-order valence-corrected chi connectivity index (χ3v) is 4.98. The Labute approximate surface area is 132 Å². The summed E-state index contributed by atoms with van der Waals surface area (Å²) >= 11 is 0. The van der Waals surface area contributed by atoms with E-state index in [0.29, 0.717) is 6.54 Å². The van der Waals surface area contributed by atoms with Gasteiger partial charge in [0.2, 0.25) is 11.8 Å². The van der Waals surface area contributed by atoms with Gasteiger partial charge in [-0.05, 0) is 11.0 Å². The largest absolute Gasteiger partial charge is 0.294 e. The van der Waals surface area contributed by atoms with E-state index in [1.54, 1.807) is 7.05 Å². The first-order valence-corrected chi connectivity index (χ1v) is 7.90. The van der Waals surface area contributed by atoms with E-state index in [0.717, 1.165) is 6.54 Å². The molecule has 0 saturated carbocycles. The molecule has 2 fully saturated rings. The molecule has 2 aliphatic heterocycles. The minimum Gasteiger partial charge on any atom is -0.294 e. The van der Waals surface area contributed by atoms with Crippen molar-refractivity contribution < 1.29 is 9.59 Å². The third kappa shape index (κ3) is 2.35. The Kier molecular flexibility index (Phi) is 3.60. The first-order chi connectivity index (χ1) is 10.3. The normalized spacial score (nSPS) is 29.3. The van der Waals surface area contributed by atoms with Gasteiger partial charge in [0.05, 0.1) is 11.8 Å². The third-order valence-electron chi connectivity index (χ3n) is 4.98. The number of amides is 2. The number of carbonyl (C=O) groups excluding carboxylic acids is 2. The van der Waals surface area contributed by atoms with E-state index < -0.39 is 0 Å². The van der Waals surface area contributed by atoms with Crippen LogP contribution in [0.5, 0.6) is 0 Å². The lowest BCUT2D eigenvalue weighted by atomic mass is 9.77. The number of carbonyl (C=O) groups is 2. The maximum absolute atomic E-state index is 12.5. The molecule has 2 amide bonds. The summed E-state index contributed by atoms with van der Waals surface area (Å²) in [7, 11) is 1.62. The molecule has 1 aromatic carbocycles. The molecule has 2 aliphatic rings. The van der Waals surface area contributed by atoms with Crippen molar-refractivity contribution in [3.8, 4) is 0 Å². The van der Waals surface area contributed by atoms with Crippen LogP contribution in [0.15, 0.2) is 30.3 Å². The maximum Gasteiger partial charge on any atom is 0.234 e. The second-order valence-corrected chi connectivity index (χ2v) is 7.59. The monoisotopic (exact) mass is 300 g/mol. The highest BCUT2D eigenvalue weighted by Gasteiger charge is 2.58. The van der Waals surface area contributed by atoms with Crippen LogP contribution in [0.1, 0.15) is 26.3 Å². The molecule has 2 heterocycles. The van der Waals surface area contributed by atoms with E-state index in [9.17, 15) is 9.59 Å². The van der Waals surface area contributed by atoms with Gasteiger partial charge >= 0.3 is 0 Å². The lowest BCUT2D eigenvalue weighted by molar-refractivity contribution is -0.140. The highest BCUT2D eigenvalue weighted by atomic mass is 16.2. The van der Waals surface area contributed by atoms with Crippen molar-refractivity contribution in [2.24, 2.45) is 17.3 Å². The average molecular weight is 300 g/mol. The van der Waals surface area contributed by atoms with E-state index in [4.69, 9.17) is 0 Å². The van der Waals surface area contributed by atoms with Gasteiger partial charge in [0, 0.05) is 26.2 Å². The molecule has 2 saturated heterocycles. The van der Waals surface area contributed by atoms with Gasteiger partial charge in [-0.2, -0.15) is 0 Å². The number of imide groups is 1. The predicted octanol–water partition coefficient (Wildman–Crippen LogP) is 2.15. The van der Waals surface area contributed by atoms with Crippen LogP contribution in [0, 0.1) is 17.3 Å². The highest BCUT2D eigenvalue weighted by Crippen LogP contribution is 2.45. The SMILES string of the molecule is CN1C(=O)[C@H]2[C@@H](CN(Cc3ccccc3)[C@H]2C(C)(C)C)C1=O. The Bertz CT molecular complexity index is 591. The summed E-state index contributed by atoms with van der Waals surface area (Å²) in [5.74, 6) is -0.392. The molecule has 0 aromatic heterocycles. The van der Waals surface area contributed by atoms with Crippen molar-refractivity contribution in [1.29, 1.82) is 0 Å². The average Bonchev–Trinajstić information content (AvgIpc) is 2.92. The van der Waals surface area contributed by atoms with Crippen LogP contribution in [0.4, 0.5) is 0 Å². The molecule has 0 bridgehead atoms. The standard InChI is InChI=1S/C18H24N2O2/c1-18(2,3)15-14-13(16(21)19(4)17(14)22)11-20(15)10-12-8-6-5-7-9-12/h5-9,13-15H,10-11H2,1-4H3/t13-,14+,15-/m1/s1. The number of fused-ring (bicyclic) bond motifs is 1. The van der Waals surface area contributed by atoms with Crippen LogP contribution in [-0.4, -0.2) is 41.2 Å². The number of hydrogen-bond acceptors (Lipinski definition) is 3. The lowest BCUT2D eigenvalue weighted by Crippen LogP contribution is -2.46. The molecule has 22 heavy (non-hydrogen) atoms. The Morgan fingerprint density at radius 3 is 2.32 bits per heavy atom. The second kappa shape index (κ2) is 5.20. The zero-order valence-electron chi connectivity index (χ0n) is 13.7.